The third-order valence-corrected chi connectivity index (χ3v) is 3.35. The van der Waals surface area contributed by atoms with Gasteiger partial charge >= 0.3 is 12.2 Å². The minimum absolute atomic E-state index is 0.0978. The zero-order valence-corrected chi connectivity index (χ0v) is 10.3. The van der Waals surface area contributed by atoms with Crippen molar-refractivity contribution in [2.24, 2.45) is 0 Å². The topological polar surface area (TPSA) is 101 Å². The highest BCUT2D eigenvalue weighted by atomic mass is 32.1. The Balaban J connectivity index is 2.24. The molecule has 0 saturated carbocycles. The number of alkyl halides is 3. The number of anilines is 1. The lowest BCUT2D eigenvalue weighted by molar-refractivity contribution is -0.191. The van der Waals surface area contributed by atoms with Crippen molar-refractivity contribution in [2.75, 3.05) is 5.73 Å². The van der Waals surface area contributed by atoms with E-state index in [-0.39, 0.29) is 10.1 Å². The van der Waals surface area contributed by atoms with Crippen LogP contribution in [0.15, 0.2) is 0 Å². The van der Waals surface area contributed by atoms with E-state index >= 15 is 0 Å². The fourth-order valence-corrected chi connectivity index (χ4v) is 2.10. The number of hydrogen-bond acceptors (Lipinski definition) is 6. The van der Waals surface area contributed by atoms with E-state index in [0.717, 1.165) is 11.3 Å². The van der Waals surface area contributed by atoms with E-state index in [4.69, 9.17) is 5.73 Å². The van der Waals surface area contributed by atoms with Gasteiger partial charge in [0, 0.05) is 0 Å². The third-order valence-electron chi connectivity index (χ3n) is 2.62. The molecule has 3 amide bonds. The van der Waals surface area contributed by atoms with Gasteiger partial charge in [0.05, 0.1) is 6.54 Å². The Morgan fingerprint density at radius 1 is 1.42 bits per heavy atom. The summed E-state index contributed by atoms with van der Waals surface area (Å²) < 4.78 is 38.3. The number of carbonyl (C=O) groups excluding carboxylic acids is 2. The van der Waals surface area contributed by atoms with Gasteiger partial charge in [-0.2, -0.15) is 13.2 Å². The number of aromatic nitrogens is 2. The number of carbonyl (C=O) groups is 2. The molecule has 0 spiro atoms. The second-order valence-electron chi connectivity index (χ2n) is 3.98. The van der Waals surface area contributed by atoms with Crippen molar-refractivity contribution < 1.29 is 22.8 Å². The fraction of sp³-hybridized carbons (Fsp3) is 0.500. The standard InChI is InChI=1S/C8H8F3N5O2S/c1-7(8(9,10)11)4(17)16(6(18)13-7)2-3-14-15-5(12)19-3/h2H2,1H3,(H2,12,15)(H,13,18). The predicted octanol–water partition coefficient (Wildman–Crippen LogP) is 0.493. The first-order valence-electron chi connectivity index (χ1n) is 4.94. The van der Waals surface area contributed by atoms with Crippen molar-refractivity contribution in [3.8, 4) is 0 Å². The second kappa shape index (κ2) is 4.05. The zero-order chi connectivity index (χ0) is 14.4. The van der Waals surface area contributed by atoms with Crippen LogP contribution in [0.4, 0.5) is 23.1 Å². The highest BCUT2D eigenvalue weighted by Gasteiger charge is 2.64. The smallest absolute Gasteiger partial charge is 0.374 e. The normalized spacial score (nSPS) is 23.9. The minimum atomic E-state index is -4.88. The Kier molecular flexibility index (Phi) is 2.88. The van der Waals surface area contributed by atoms with E-state index in [2.05, 4.69) is 10.2 Å². The number of imide groups is 1. The molecule has 0 aliphatic carbocycles. The van der Waals surface area contributed by atoms with Crippen LogP contribution in [0.5, 0.6) is 0 Å². The maximum Gasteiger partial charge on any atom is 0.420 e. The molecule has 1 unspecified atom stereocenters. The summed E-state index contributed by atoms with van der Waals surface area (Å²) in [6.07, 6.45) is -4.88. The van der Waals surface area contributed by atoms with Crippen molar-refractivity contribution in [3.05, 3.63) is 5.01 Å². The largest absolute Gasteiger partial charge is 0.420 e. The van der Waals surface area contributed by atoms with Crippen LogP contribution in [0, 0.1) is 0 Å². The Morgan fingerprint density at radius 3 is 2.47 bits per heavy atom. The van der Waals surface area contributed by atoms with E-state index in [1.165, 1.54) is 0 Å². The molecule has 2 heterocycles. The number of nitrogens with one attached hydrogen (secondary N) is 1. The Labute approximate surface area is 108 Å². The van der Waals surface area contributed by atoms with Crippen molar-refractivity contribution >= 4 is 28.4 Å². The van der Waals surface area contributed by atoms with Crippen molar-refractivity contribution in [1.29, 1.82) is 0 Å². The fourth-order valence-electron chi connectivity index (χ4n) is 1.50. The monoisotopic (exact) mass is 295 g/mol. The highest BCUT2D eigenvalue weighted by molar-refractivity contribution is 7.15. The summed E-state index contributed by atoms with van der Waals surface area (Å²) in [5.41, 5.74) is 2.39. The van der Waals surface area contributed by atoms with Gasteiger partial charge < -0.3 is 11.1 Å². The second-order valence-corrected chi connectivity index (χ2v) is 5.07. The average Bonchev–Trinajstić information content (AvgIpc) is 2.76. The van der Waals surface area contributed by atoms with Crippen molar-refractivity contribution in [3.63, 3.8) is 0 Å². The van der Waals surface area contributed by atoms with Gasteiger partial charge in [-0.25, -0.2) is 4.79 Å². The summed E-state index contributed by atoms with van der Waals surface area (Å²) in [6.45, 7) is 0.215. The number of urea groups is 1. The van der Waals surface area contributed by atoms with Crippen LogP contribution in [0.25, 0.3) is 0 Å². The minimum Gasteiger partial charge on any atom is -0.374 e. The number of nitrogens with zero attached hydrogens (tertiary/aromatic N) is 3. The molecular formula is C8H8F3N5O2S. The van der Waals surface area contributed by atoms with Crippen LogP contribution in [-0.2, 0) is 11.3 Å². The van der Waals surface area contributed by atoms with Crippen LogP contribution < -0.4 is 11.1 Å². The molecule has 11 heteroatoms. The van der Waals surface area contributed by atoms with Gasteiger partial charge in [-0.3, -0.25) is 9.69 Å². The number of nitrogen functional groups attached to an aromatic ring is 1. The molecule has 0 bridgehead atoms. The van der Waals surface area contributed by atoms with Crippen molar-refractivity contribution in [1.82, 2.24) is 20.4 Å². The molecule has 1 saturated heterocycles. The van der Waals surface area contributed by atoms with E-state index < -0.39 is 30.2 Å². The molecule has 1 atom stereocenters. The number of amides is 3. The van der Waals surface area contributed by atoms with Gasteiger partial charge in [0.1, 0.15) is 5.01 Å². The molecule has 3 N–H and O–H groups in total. The summed E-state index contributed by atoms with van der Waals surface area (Å²) >= 11 is 0.887. The first kappa shape index (κ1) is 13.5. The zero-order valence-electron chi connectivity index (χ0n) is 9.48. The van der Waals surface area contributed by atoms with Crippen LogP contribution >= 0.6 is 11.3 Å². The Morgan fingerprint density at radius 2 is 2.05 bits per heavy atom. The molecule has 2 rings (SSSR count). The molecule has 7 nitrogen and oxygen atoms in total. The van der Waals surface area contributed by atoms with Gasteiger partial charge in [0.25, 0.3) is 5.91 Å². The lowest BCUT2D eigenvalue weighted by atomic mass is 10.0. The summed E-state index contributed by atoms with van der Waals surface area (Å²) in [5, 5.41) is 8.90. The van der Waals surface area contributed by atoms with Gasteiger partial charge in [-0.15, -0.1) is 10.2 Å². The number of nitrogens with two attached hydrogens (primary N) is 1. The highest BCUT2D eigenvalue weighted by Crippen LogP contribution is 2.35. The number of rotatable bonds is 2. The molecule has 1 aromatic rings. The number of halogens is 3. The maximum absolute atomic E-state index is 12.8. The predicted molar refractivity (Wildman–Crippen MR) is 57.9 cm³/mol. The number of hydrogen-bond donors (Lipinski definition) is 2. The molecule has 1 aromatic heterocycles. The van der Waals surface area contributed by atoms with Crippen LogP contribution in [0.3, 0.4) is 0 Å². The van der Waals surface area contributed by atoms with E-state index in [1.807, 2.05) is 0 Å². The summed E-state index contributed by atoms with van der Waals surface area (Å²) in [5.74, 6) is -1.38. The van der Waals surface area contributed by atoms with Gasteiger partial charge in [-0.1, -0.05) is 11.3 Å². The molecule has 104 valence electrons. The Bertz CT molecular complexity index is 545. The molecule has 1 fully saturated rings. The van der Waals surface area contributed by atoms with E-state index in [1.54, 1.807) is 5.32 Å². The Hall–Kier alpha value is -1.91. The van der Waals surface area contributed by atoms with E-state index in [0.29, 0.717) is 11.8 Å². The average molecular weight is 295 g/mol. The first-order chi connectivity index (χ1) is 8.65. The van der Waals surface area contributed by atoms with Gasteiger partial charge in [0.2, 0.25) is 10.7 Å². The SMILES string of the molecule is CC1(C(F)(F)F)NC(=O)N(Cc2nnc(N)s2)C1=O. The van der Waals surface area contributed by atoms with Gasteiger partial charge in [-0.05, 0) is 6.92 Å². The summed E-state index contributed by atoms with van der Waals surface area (Å²) in [4.78, 5) is 23.7. The third kappa shape index (κ3) is 2.09. The van der Waals surface area contributed by atoms with Crippen molar-refractivity contribution in [2.45, 2.75) is 25.2 Å². The quantitative estimate of drug-likeness (QED) is 0.773. The lowest BCUT2D eigenvalue weighted by Gasteiger charge is -2.24. The lowest BCUT2D eigenvalue weighted by Crippen LogP contribution is -2.56. The molecule has 1 aliphatic rings. The first-order valence-corrected chi connectivity index (χ1v) is 5.75. The van der Waals surface area contributed by atoms with E-state index in [9.17, 15) is 22.8 Å². The molecule has 0 aromatic carbocycles. The molecular weight excluding hydrogens is 287 g/mol. The van der Waals surface area contributed by atoms with Gasteiger partial charge in [0.15, 0.2) is 0 Å². The van der Waals surface area contributed by atoms with Crippen LogP contribution in [0.1, 0.15) is 11.9 Å². The summed E-state index contributed by atoms with van der Waals surface area (Å²) in [6, 6.07) is -1.13. The van der Waals surface area contributed by atoms with Crippen LogP contribution in [0.2, 0.25) is 0 Å². The molecule has 19 heavy (non-hydrogen) atoms. The molecule has 0 radical (unpaired) electrons. The summed E-state index contributed by atoms with van der Waals surface area (Å²) in [7, 11) is 0. The maximum atomic E-state index is 12.8. The molecule has 1 aliphatic heterocycles. The van der Waals surface area contributed by atoms with Crippen LogP contribution in [-0.4, -0.2) is 38.8 Å².